The smallest absolute Gasteiger partial charge is 0.145 e. The Hall–Kier alpha value is -1.55. The number of rotatable bonds is 4. The van der Waals surface area contributed by atoms with Crippen molar-refractivity contribution < 1.29 is 15.1 Å². The maximum Gasteiger partial charge on any atom is 0.145 e. The van der Waals surface area contributed by atoms with Crippen LogP contribution in [0.2, 0.25) is 0 Å². The van der Waals surface area contributed by atoms with Crippen molar-refractivity contribution >= 4 is 5.71 Å². The Balaban J connectivity index is 2.64. The Morgan fingerprint density at radius 2 is 2.12 bits per heavy atom. The zero-order valence-electron chi connectivity index (χ0n) is 9.77. The SMILES string of the molecule is C/C(=N\OCC(C)(C)O)c1cccc(O)c1. The summed E-state index contributed by atoms with van der Waals surface area (Å²) in [6.07, 6.45) is 0. The largest absolute Gasteiger partial charge is 0.508 e. The molecule has 16 heavy (non-hydrogen) atoms. The number of hydrogen-bond acceptors (Lipinski definition) is 4. The molecule has 0 fully saturated rings. The molecule has 2 N–H and O–H groups in total. The van der Waals surface area contributed by atoms with Crippen LogP contribution in [0.3, 0.4) is 0 Å². The van der Waals surface area contributed by atoms with Crippen LogP contribution < -0.4 is 0 Å². The minimum Gasteiger partial charge on any atom is -0.508 e. The van der Waals surface area contributed by atoms with E-state index < -0.39 is 5.60 Å². The van der Waals surface area contributed by atoms with Crippen molar-refractivity contribution in [3.63, 3.8) is 0 Å². The van der Waals surface area contributed by atoms with Crippen LogP contribution in [0.4, 0.5) is 0 Å². The van der Waals surface area contributed by atoms with Gasteiger partial charge in [0.15, 0.2) is 0 Å². The lowest BCUT2D eigenvalue weighted by Gasteiger charge is -2.14. The van der Waals surface area contributed by atoms with Gasteiger partial charge in [0.1, 0.15) is 12.4 Å². The van der Waals surface area contributed by atoms with E-state index >= 15 is 0 Å². The number of nitrogens with zero attached hydrogens (tertiary/aromatic N) is 1. The summed E-state index contributed by atoms with van der Waals surface area (Å²) >= 11 is 0. The summed E-state index contributed by atoms with van der Waals surface area (Å²) in [5, 5.41) is 22.6. The molecule has 0 aliphatic carbocycles. The Kier molecular flexibility index (Phi) is 3.90. The number of oxime groups is 1. The van der Waals surface area contributed by atoms with Crippen molar-refractivity contribution in [2.45, 2.75) is 26.4 Å². The number of aliphatic hydroxyl groups is 1. The number of phenolic OH excluding ortho intramolecular Hbond substituents is 1. The van der Waals surface area contributed by atoms with Crippen LogP contribution in [-0.2, 0) is 4.84 Å². The minimum atomic E-state index is -0.900. The number of benzene rings is 1. The number of phenols is 1. The van der Waals surface area contributed by atoms with E-state index in [2.05, 4.69) is 5.16 Å². The van der Waals surface area contributed by atoms with Crippen LogP contribution in [0, 0.1) is 0 Å². The average molecular weight is 223 g/mol. The van der Waals surface area contributed by atoms with E-state index in [0.29, 0.717) is 5.71 Å². The highest BCUT2D eigenvalue weighted by Gasteiger charge is 2.12. The summed E-state index contributed by atoms with van der Waals surface area (Å²) in [6, 6.07) is 6.76. The molecule has 0 aliphatic heterocycles. The third-order valence-electron chi connectivity index (χ3n) is 1.88. The summed E-state index contributed by atoms with van der Waals surface area (Å²) in [6.45, 7) is 5.20. The summed E-state index contributed by atoms with van der Waals surface area (Å²) in [5.41, 5.74) is 0.540. The first-order valence-electron chi connectivity index (χ1n) is 5.07. The molecule has 0 heterocycles. The molecule has 0 aromatic heterocycles. The highest BCUT2D eigenvalue weighted by molar-refractivity contribution is 5.98. The van der Waals surface area contributed by atoms with Gasteiger partial charge in [0.25, 0.3) is 0 Å². The predicted octanol–water partition coefficient (Wildman–Crippen LogP) is 1.90. The van der Waals surface area contributed by atoms with Crippen LogP contribution in [0.5, 0.6) is 5.75 Å². The number of hydrogen-bond donors (Lipinski definition) is 2. The molecule has 0 aliphatic rings. The third kappa shape index (κ3) is 4.31. The molecule has 0 saturated carbocycles. The van der Waals surface area contributed by atoms with Gasteiger partial charge in [-0.1, -0.05) is 17.3 Å². The summed E-state index contributed by atoms with van der Waals surface area (Å²) in [7, 11) is 0. The van der Waals surface area contributed by atoms with Crippen LogP contribution in [-0.4, -0.2) is 28.1 Å². The van der Waals surface area contributed by atoms with Crippen molar-refractivity contribution in [3.8, 4) is 5.75 Å². The zero-order chi connectivity index (χ0) is 12.2. The lowest BCUT2D eigenvalue weighted by atomic mass is 10.1. The Morgan fingerprint density at radius 1 is 1.44 bits per heavy atom. The van der Waals surface area contributed by atoms with Gasteiger partial charge < -0.3 is 15.1 Å². The van der Waals surface area contributed by atoms with Gasteiger partial charge in [-0.2, -0.15) is 0 Å². The lowest BCUT2D eigenvalue weighted by Crippen LogP contribution is -2.25. The van der Waals surface area contributed by atoms with Gasteiger partial charge in [0.2, 0.25) is 0 Å². The summed E-state index contributed by atoms with van der Waals surface area (Å²) in [5.74, 6) is 0.189. The van der Waals surface area contributed by atoms with E-state index in [1.165, 1.54) is 0 Å². The van der Waals surface area contributed by atoms with Crippen LogP contribution >= 0.6 is 0 Å². The van der Waals surface area contributed by atoms with Gasteiger partial charge in [-0.15, -0.1) is 0 Å². The van der Waals surface area contributed by atoms with Crippen molar-refractivity contribution in [2.24, 2.45) is 5.16 Å². The highest BCUT2D eigenvalue weighted by atomic mass is 16.6. The van der Waals surface area contributed by atoms with Crippen LogP contribution in [0.15, 0.2) is 29.4 Å². The van der Waals surface area contributed by atoms with E-state index in [9.17, 15) is 10.2 Å². The van der Waals surface area contributed by atoms with Gasteiger partial charge >= 0.3 is 0 Å². The van der Waals surface area contributed by atoms with Gasteiger partial charge in [0, 0.05) is 5.56 Å². The Morgan fingerprint density at radius 3 is 2.69 bits per heavy atom. The first-order chi connectivity index (χ1) is 7.38. The molecular formula is C12H17NO3. The molecule has 0 amide bonds. The molecule has 0 spiro atoms. The summed E-state index contributed by atoms with van der Waals surface area (Å²) < 4.78 is 0. The molecule has 0 unspecified atom stereocenters. The molecule has 0 radical (unpaired) electrons. The fourth-order valence-electron chi connectivity index (χ4n) is 1.07. The molecule has 1 rings (SSSR count). The predicted molar refractivity (Wildman–Crippen MR) is 62.6 cm³/mol. The number of aromatic hydroxyl groups is 1. The van der Waals surface area contributed by atoms with Crippen molar-refractivity contribution in [1.29, 1.82) is 0 Å². The second kappa shape index (κ2) is 4.99. The maximum atomic E-state index is 9.41. The fraction of sp³-hybridized carbons (Fsp3) is 0.417. The molecule has 0 atom stereocenters. The summed E-state index contributed by atoms with van der Waals surface area (Å²) in [4.78, 5) is 5.01. The molecule has 1 aromatic carbocycles. The van der Waals surface area contributed by atoms with Crippen LogP contribution in [0.25, 0.3) is 0 Å². The quantitative estimate of drug-likeness (QED) is 0.605. The third-order valence-corrected chi connectivity index (χ3v) is 1.88. The van der Waals surface area contributed by atoms with Crippen LogP contribution in [0.1, 0.15) is 26.3 Å². The fourth-order valence-corrected chi connectivity index (χ4v) is 1.07. The van der Waals surface area contributed by atoms with E-state index in [1.54, 1.807) is 39.0 Å². The molecule has 1 aromatic rings. The lowest BCUT2D eigenvalue weighted by molar-refractivity contribution is -0.0189. The highest BCUT2D eigenvalue weighted by Crippen LogP contribution is 2.12. The van der Waals surface area contributed by atoms with Gasteiger partial charge in [-0.3, -0.25) is 0 Å². The van der Waals surface area contributed by atoms with Gasteiger partial charge in [-0.25, -0.2) is 0 Å². The van der Waals surface area contributed by atoms with E-state index in [-0.39, 0.29) is 12.4 Å². The van der Waals surface area contributed by atoms with E-state index in [1.807, 2.05) is 6.07 Å². The normalized spacial score (nSPS) is 12.6. The first-order valence-corrected chi connectivity index (χ1v) is 5.07. The van der Waals surface area contributed by atoms with Gasteiger partial charge in [0.05, 0.1) is 11.3 Å². The second-order valence-electron chi connectivity index (χ2n) is 4.31. The minimum absolute atomic E-state index is 0.128. The first kappa shape index (κ1) is 12.5. The topological polar surface area (TPSA) is 62.0 Å². The average Bonchev–Trinajstić information content (AvgIpc) is 2.15. The maximum absolute atomic E-state index is 9.41. The van der Waals surface area contributed by atoms with Gasteiger partial charge in [-0.05, 0) is 32.9 Å². The molecule has 88 valence electrons. The van der Waals surface area contributed by atoms with Crippen molar-refractivity contribution in [1.82, 2.24) is 0 Å². The molecule has 4 heteroatoms. The Labute approximate surface area is 95.2 Å². The van der Waals surface area contributed by atoms with Crippen molar-refractivity contribution in [2.75, 3.05) is 6.61 Å². The monoisotopic (exact) mass is 223 g/mol. The molecule has 0 bridgehead atoms. The second-order valence-corrected chi connectivity index (χ2v) is 4.31. The molecule has 4 nitrogen and oxygen atoms in total. The van der Waals surface area contributed by atoms with E-state index in [4.69, 9.17) is 4.84 Å². The molecule has 0 saturated heterocycles. The van der Waals surface area contributed by atoms with Crippen molar-refractivity contribution in [3.05, 3.63) is 29.8 Å². The zero-order valence-corrected chi connectivity index (χ0v) is 9.77. The standard InChI is InChI=1S/C12H17NO3/c1-9(13-16-8-12(2,3)15)10-5-4-6-11(14)7-10/h4-7,14-15H,8H2,1-3H3/b13-9+. The van der Waals surface area contributed by atoms with E-state index in [0.717, 1.165) is 5.56 Å². The molecular weight excluding hydrogens is 206 g/mol. The Bertz CT molecular complexity index is 380.